The first-order valence-electron chi connectivity index (χ1n) is 2.94. The molecule has 0 atom stereocenters. The lowest BCUT2D eigenvalue weighted by Crippen LogP contribution is -2.11. The average Bonchev–Trinajstić information content (AvgIpc) is 2.12. The molecule has 3 nitrogen and oxygen atoms in total. The van der Waals surface area contributed by atoms with Crippen molar-refractivity contribution in [3.8, 4) is 0 Å². The van der Waals surface area contributed by atoms with Gasteiger partial charge in [0.25, 0.3) is 0 Å². The van der Waals surface area contributed by atoms with E-state index < -0.39 is 0 Å². The van der Waals surface area contributed by atoms with Crippen molar-refractivity contribution >= 4 is 5.84 Å². The topological polar surface area (TPSA) is 61.9 Å². The molecule has 0 fully saturated rings. The molecular formula is C7H9N3. The molecule has 0 saturated carbocycles. The van der Waals surface area contributed by atoms with Crippen LogP contribution in [-0.2, 0) is 0 Å². The minimum Gasteiger partial charge on any atom is -0.384 e. The fraction of sp³-hybridized carbons (Fsp3) is 0. The van der Waals surface area contributed by atoms with Crippen molar-refractivity contribution in [2.24, 2.45) is 5.73 Å². The van der Waals surface area contributed by atoms with Crippen molar-refractivity contribution in [1.82, 2.24) is 5.32 Å². The van der Waals surface area contributed by atoms with E-state index in [1.165, 1.54) is 0 Å². The van der Waals surface area contributed by atoms with Crippen molar-refractivity contribution in [2.75, 3.05) is 0 Å². The molecule has 4 N–H and O–H groups in total. The van der Waals surface area contributed by atoms with Gasteiger partial charge in [0, 0.05) is 18.0 Å². The Kier molecular flexibility index (Phi) is 1.89. The van der Waals surface area contributed by atoms with Gasteiger partial charge in [-0.2, -0.15) is 0 Å². The zero-order valence-electron chi connectivity index (χ0n) is 5.46. The Morgan fingerprint density at radius 2 is 2.30 bits per heavy atom. The zero-order chi connectivity index (χ0) is 7.40. The van der Waals surface area contributed by atoms with Crippen LogP contribution in [0.25, 0.3) is 0 Å². The van der Waals surface area contributed by atoms with Gasteiger partial charge in [0.2, 0.25) is 0 Å². The van der Waals surface area contributed by atoms with E-state index in [1.54, 1.807) is 30.6 Å². The van der Waals surface area contributed by atoms with Crippen molar-refractivity contribution in [3.63, 3.8) is 0 Å². The highest BCUT2D eigenvalue weighted by Crippen LogP contribution is 1.97. The Hall–Kier alpha value is -1.51. The van der Waals surface area contributed by atoms with E-state index in [4.69, 9.17) is 11.1 Å². The van der Waals surface area contributed by atoms with Crippen LogP contribution < -0.4 is 11.1 Å². The van der Waals surface area contributed by atoms with Crippen LogP contribution in [0.5, 0.6) is 0 Å². The molecule has 0 amide bonds. The summed E-state index contributed by atoms with van der Waals surface area (Å²) in [6, 6.07) is 0. The first kappa shape index (κ1) is 6.61. The van der Waals surface area contributed by atoms with Gasteiger partial charge in [0.05, 0.1) is 0 Å². The van der Waals surface area contributed by atoms with Gasteiger partial charge in [-0.05, 0) is 18.2 Å². The maximum absolute atomic E-state index is 7.08. The van der Waals surface area contributed by atoms with E-state index in [1.807, 2.05) is 0 Å². The molecule has 0 unspecified atom stereocenters. The van der Waals surface area contributed by atoms with Crippen LogP contribution in [0.4, 0.5) is 0 Å². The predicted octanol–water partition coefficient (Wildman–Crippen LogP) is 0.479. The molecule has 0 aromatic rings. The van der Waals surface area contributed by atoms with Crippen molar-refractivity contribution in [3.05, 3.63) is 36.2 Å². The van der Waals surface area contributed by atoms with Crippen LogP contribution in [0.1, 0.15) is 0 Å². The highest BCUT2D eigenvalue weighted by Gasteiger charge is 1.93. The van der Waals surface area contributed by atoms with Gasteiger partial charge < -0.3 is 11.1 Å². The molecule has 0 aliphatic carbocycles. The number of amidine groups is 1. The third-order valence-electron chi connectivity index (χ3n) is 1.14. The molecule has 0 aromatic heterocycles. The Morgan fingerprint density at radius 1 is 1.50 bits per heavy atom. The first-order valence-corrected chi connectivity index (χ1v) is 2.94. The van der Waals surface area contributed by atoms with Crippen LogP contribution >= 0.6 is 0 Å². The fourth-order valence-corrected chi connectivity index (χ4v) is 0.636. The number of rotatable bonds is 1. The van der Waals surface area contributed by atoms with Gasteiger partial charge in [0.1, 0.15) is 5.84 Å². The standard InChI is InChI=1S/C7H9N3/c8-7(9)6-2-1-4-10-5-3-6/h1-5,10H,(H3,8,9). The lowest BCUT2D eigenvalue weighted by molar-refractivity contribution is 1.20. The van der Waals surface area contributed by atoms with Crippen molar-refractivity contribution in [1.29, 1.82) is 5.41 Å². The molecule has 0 radical (unpaired) electrons. The normalized spacial score (nSPS) is 15.4. The highest BCUT2D eigenvalue weighted by molar-refractivity contribution is 5.97. The molecule has 3 heteroatoms. The third kappa shape index (κ3) is 1.48. The Bertz CT molecular complexity index is 223. The smallest absolute Gasteiger partial charge is 0.122 e. The molecule has 1 aliphatic rings. The van der Waals surface area contributed by atoms with Crippen LogP contribution in [-0.4, -0.2) is 5.84 Å². The van der Waals surface area contributed by atoms with Crippen LogP contribution in [0.3, 0.4) is 0 Å². The van der Waals surface area contributed by atoms with Gasteiger partial charge in [-0.25, -0.2) is 0 Å². The minimum atomic E-state index is 0.0876. The highest BCUT2D eigenvalue weighted by atomic mass is 14.8. The van der Waals surface area contributed by atoms with E-state index in [0.29, 0.717) is 0 Å². The molecule has 10 heavy (non-hydrogen) atoms. The summed E-state index contributed by atoms with van der Waals surface area (Å²) in [5, 5.41) is 9.95. The molecule has 1 rings (SSSR count). The summed E-state index contributed by atoms with van der Waals surface area (Å²) in [6.45, 7) is 0. The zero-order valence-corrected chi connectivity index (χ0v) is 5.46. The maximum atomic E-state index is 7.08. The number of hydrogen-bond donors (Lipinski definition) is 3. The molecular weight excluding hydrogens is 126 g/mol. The molecule has 52 valence electrons. The summed E-state index contributed by atoms with van der Waals surface area (Å²) in [5.41, 5.74) is 5.96. The molecule has 0 bridgehead atoms. The van der Waals surface area contributed by atoms with Crippen molar-refractivity contribution in [2.45, 2.75) is 0 Å². The Balaban J connectivity index is 2.83. The van der Waals surface area contributed by atoms with E-state index in [2.05, 4.69) is 5.32 Å². The second-order valence-corrected chi connectivity index (χ2v) is 1.89. The predicted molar refractivity (Wildman–Crippen MR) is 41.4 cm³/mol. The fourth-order valence-electron chi connectivity index (χ4n) is 0.636. The van der Waals surface area contributed by atoms with Gasteiger partial charge >= 0.3 is 0 Å². The quantitative estimate of drug-likeness (QED) is 0.361. The van der Waals surface area contributed by atoms with Gasteiger partial charge in [-0.1, -0.05) is 0 Å². The third-order valence-corrected chi connectivity index (χ3v) is 1.14. The first-order chi connectivity index (χ1) is 4.80. The van der Waals surface area contributed by atoms with Crippen molar-refractivity contribution < 1.29 is 0 Å². The summed E-state index contributed by atoms with van der Waals surface area (Å²) >= 11 is 0. The minimum absolute atomic E-state index is 0.0876. The van der Waals surface area contributed by atoms with E-state index in [-0.39, 0.29) is 5.84 Å². The summed E-state index contributed by atoms with van der Waals surface area (Å²) in [6.07, 6.45) is 8.83. The van der Waals surface area contributed by atoms with E-state index in [9.17, 15) is 0 Å². The average molecular weight is 135 g/mol. The summed E-state index contributed by atoms with van der Waals surface area (Å²) < 4.78 is 0. The number of nitrogens with one attached hydrogen (secondary N) is 2. The van der Waals surface area contributed by atoms with E-state index in [0.717, 1.165) is 5.57 Å². The number of nitrogens with two attached hydrogens (primary N) is 1. The molecule has 1 aliphatic heterocycles. The van der Waals surface area contributed by atoms with Crippen LogP contribution in [0, 0.1) is 5.41 Å². The SMILES string of the molecule is N=C(N)C1=CC=CNC=C1. The second kappa shape index (κ2) is 2.87. The summed E-state index contributed by atoms with van der Waals surface area (Å²) in [4.78, 5) is 0. The van der Waals surface area contributed by atoms with Crippen LogP contribution in [0.15, 0.2) is 36.2 Å². The van der Waals surface area contributed by atoms with Crippen LogP contribution in [0.2, 0.25) is 0 Å². The maximum Gasteiger partial charge on any atom is 0.122 e. The Labute approximate surface area is 59.4 Å². The molecule has 0 spiro atoms. The lowest BCUT2D eigenvalue weighted by Gasteiger charge is -1.93. The van der Waals surface area contributed by atoms with E-state index >= 15 is 0 Å². The second-order valence-electron chi connectivity index (χ2n) is 1.89. The molecule has 0 aromatic carbocycles. The van der Waals surface area contributed by atoms with Gasteiger partial charge in [-0.3, -0.25) is 5.41 Å². The number of hydrogen-bond acceptors (Lipinski definition) is 2. The largest absolute Gasteiger partial charge is 0.384 e. The Morgan fingerprint density at radius 3 is 3.00 bits per heavy atom. The van der Waals surface area contributed by atoms with Gasteiger partial charge in [0.15, 0.2) is 0 Å². The summed E-state index contributed by atoms with van der Waals surface area (Å²) in [7, 11) is 0. The number of allylic oxidation sites excluding steroid dienone is 2. The monoisotopic (exact) mass is 135 g/mol. The molecule has 0 saturated heterocycles. The van der Waals surface area contributed by atoms with Gasteiger partial charge in [-0.15, -0.1) is 0 Å². The lowest BCUT2D eigenvalue weighted by atomic mass is 10.2. The molecule has 1 heterocycles. The summed E-state index contributed by atoms with van der Waals surface area (Å²) in [5.74, 6) is 0.0876.